The van der Waals surface area contributed by atoms with Crippen molar-refractivity contribution >= 4 is 17.7 Å². The first kappa shape index (κ1) is 14.4. The molecule has 0 atom stereocenters. The molecule has 19 heavy (non-hydrogen) atoms. The molecule has 0 radical (unpaired) electrons. The molecule has 5 heteroatoms. The molecular weight excluding hydrogens is 260 g/mol. The molecule has 1 aromatic rings. The van der Waals surface area contributed by atoms with E-state index in [9.17, 15) is 4.79 Å². The number of carbonyl (C=O) groups is 1. The molecule has 1 fully saturated rings. The Morgan fingerprint density at radius 1 is 1.26 bits per heavy atom. The lowest BCUT2D eigenvalue weighted by Crippen LogP contribution is -3.14. The first-order chi connectivity index (χ1) is 9.34. The van der Waals surface area contributed by atoms with Crippen LogP contribution in [0.3, 0.4) is 0 Å². The van der Waals surface area contributed by atoms with Crippen LogP contribution < -0.4 is 10.2 Å². The van der Waals surface area contributed by atoms with Gasteiger partial charge in [0.15, 0.2) is 0 Å². The van der Waals surface area contributed by atoms with E-state index < -0.39 is 0 Å². The van der Waals surface area contributed by atoms with Crippen molar-refractivity contribution in [3.63, 3.8) is 0 Å². The summed E-state index contributed by atoms with van der Waals surface area (Å²) in [4.78, 5) is 14.3. The van der Waals surface area contributed by atoms with Gasteiger partial charge in [-0.1, -0.05) is 18.2 Å². The van der Waals surface area contributed by atoms with Crippen LogP contribution in [0.15, 0.2) is 35.2 Å². The van der Waals surface area contributed by atoms with Crippen LogP contribution in [0.25, 0.3) is 0 Å². The second-order valence-electron chi connectivity index (χ2n) is 4.56. The normalized spacial score (nSPS) is 16.2. The van der Waals surface area contributed by atoms with Crippen LogP contribution in [0.4, 0.5) is 0 Å². The number of ether oxygens (including phenoxy) is 1. The third-order valence-electron chi connectivity index (χ3n) is 3.11. The lowest BCUT2D eigenvalue weighted by Gasteiger charge is -2.23. The zero-order valence-electron chi connectivity index (χ0n) is 11.1. The Morgan fingerprint density at radius 3 is 2.74 bits per heavy atom. The minimum Gasteiger partial charge on any atom is -0.370 e. The summed E-state index contributed by atoms with van der Waals surface area (Å²) >= 11 is 1.58. The number of thioether (sulfide) groups is 1. The summed E-state index contributed by atoms with van der Waals surface area (Å²) in [7, 11) is 0. The summed E-state index contributed by atoms with van der Waals surface area (Å²) in [5.74, 6) is 0.601. The van der Waals surface area contributed by atoms with E-state index in [4.69, 9.17) is 4.74 Å². The van der Waals surface area contributed by atoms with Gasteiger partial charge in [0.2, 0.25) is 5.91 Å². The molecule has 1 saturated heterocycles. The van der Waals surface area contributed by atoms with Crippen LogP contribution in [0.5, 0.6) is 0 Å². The van der Waals surface area contributed by atoms with E-state index in [1.165, 1.54) is 4.90 Å². The Labute approximate surface area is 118 Å². The van der Waals surface area contributed by atoms with Crippen LogP contribution >= 0.6 is 11.8 Å². The van der Waals surface area contributed by atoms with Gasteiger partial charge in [0, 0.05) is 4.90 Å². The van der Waals surface area contributed by atoms with Crippen molar-refractivity contribution in [2.75, 3.05) is 45.1 Å². The van der Waals surface area contributed by atoms with Crippen molar-refractivity contribution in [2.45, 2.75) is 4.90 Å². The third kappa shape index (κ3) is 5.63. The quantitative estimate of drug-likeness (QED) is 0.710. The van der Waals surface area contributed by atoms with E-state index in [0.29, 0.717) is 5.75 Å². The number of benzene rings is 1. The SMILES string of the molecule is O=C(CSc1ccccc1)NCC[NH+]1CCOCC1. The fourth-order valence-electron chi connectivity index (χ4n) is 2.01. The maximum Gasteiger partial charge on any atom is 0.230 e. The lowest BCUT2D eigenvalue weighted by atomic mass is 10.4. The van der Waals surface area contributed by atoms with Crippen LogP contribution in [0.1, 0.15) is 0 Å². The highest BCUT2D eigenvalue weighted by molar-refractivity contribution is 8.00. The van der Waals surface area contributed by atoms with Crippen molar-refractivity contribution in [1.82, 2.24) is 5.32 Å². The molecule has 0 saturated carbocycles. The van der Waals surface area contributed by atoms with Crippen molar-refractivity contribution < 1.29 is 14.4 Å². The topological polar surface area (TPSA) is 42.8 Å². The van der Waals surface area contributed by atoms with E-state index in [1.54, 1.807) is 11.8 Å². The van der Waals surface area contributed by atoms with Crippen LogP contribution in [-0.2, 0) is 9.53 Å². The van der Waals surface area contributed by atoms with Gasteiger partial charge in [0.05, 0.1) is 32.1 Å². The zero-order chi connectivity index (χ0) is 13.3. The van der Waals surface area contributed by atoms with Gasteiger partial charge < -0.3 is 15.0 Å². The molecule has 1 aliphatic rings. The number of quaternary nitrogens is 1. The molecule has 0 aromatic heterocycles. The molecule has 0 unspecified atom stereocenters. The summed E-state index contributed by atoms with van der Waals surface area (Å²) in [6.45, 7) is 5.53. The van der Waals surface area contributed by atoms with Crippen molar-refractivity contribution in [3.8, 4) is 0 Å². The molecule has 104 valence electrons. The molecule has 1 aliphatic heterocycles. The Kier molecular flexibility index (Phi) is 6.20. The van der Waals surface area contributed by atoms with Gasteiger partial charge in [0.1, 0.15) is 13.1 Å². The second-order valence-corrected chi connectivity index (χ2v) is 5.61. The fraction of sp³-hybridized carbons (Fsp3) is 0.500. The second kappa shape index (κ2) is 8.19. The molecule has 0 bridgehead atoms. The van der Waals surface area contributed by atoms with E-state index in [2.05, 4.69) is 5.32 Å². The summed E-state index contributed by atoms with van der Waals surface area (Å²) in [5.41, 5.74) is 0. The van der Waals surface area contributed by atoms with Crippen molar-refractivity contribution in [3.05, 3.63) is 30.3 Å². The highest BCUT2D eigenvalue weighted by Crippen LogP contribution is 2.15. The molecule has 2 rings (SSSR count). The molecule has 1 heterocycles. The largest absolute Gasteiger partial charge is 0.370 e. The van der Waals surface area contributed by atoms with Crippen molar-refractivity contribution in [2.24, 2.45) is 0 Å². The van der Waals surface area contributed by atoms with E-state index in [0.717, 1.165) is 44.3 Å². The molecular formula is C14H21N2O2S+. The van der Waals surface area contributed by atoms with Crippen LogP contribution in [0, 0.1) is 0 Å². The first-order valence-corrected chi connectivity index (χ1v) is 7.69. The van der Waals surface area contributed by atoms with E-state index in [1.807, 2.05) is 30.3 Å². The number of rotatable bonds is 6. The predicted octanol–water partition coefficient (Wildman–Crippen LogP) is -0.190. The molecule has 0 spiro atoms. The maximum absolute atomic E-state index is 11.7. The van der Waals surface area contributed by atoms with Crippen LogP contribution in [-0.4, -0.2) is 51.1 Å². The summed E-state index contributed by atoms with van der Waals surface area (Å²) in [6.07, 6.45) is 0. The van der Waals surface area contributed by atoms with Gasteiger partial charge in [-0.25, -0.2) is 0 Å². The number of nitrogens with one attached hydrogen (secondary N) is 2. The monoisotopic (exact) mass is 281 g/mol. The van der Waals surface area contributed by atoms with Crippen molar-refractivity contribution in [1.29, 1.82) is 0 Å². The Bertz CT molecular complexity index is 380. The minimum atomic E-state index is 0.113. The maximum atomic E-state index is 11.7. The van der Waals surface area contributed by atoms with Gasteiger partial charge in [-0.15, -0.1) is 11.8 Å². The molecule has 1 amide bonds. The highest BCUT2D eigenvalue weighted by atomic mass is 32.2. The number of hydrogen-bond donors (Lipinski definition) is 2. The molecule has 1 aromatic carbocycles. The van der Waals surface area contributed by atoms with Gasteiger partial charge in [-0.3, -0.25) is 4.79 Å². The van der Waals surface area contributed by atoms with Gasteiger partial charge >= 0.3 is 0 Å². The average Bonchev–Trinajstić information content (AvgIpc) is 2.47. The smallest absolute Gasteiger partial charge is 0.230 e. The van der Waals surface area contributed by atoms with E-state index >= 15 is 0 Å². The molecule has 0 aliphatic carbocycles. The molecule has 4 nitrogen and oxygen atoms in total. The first-order valence-electron chi connectivity index (χ1n) is 6.70. The standard InChI is InChI=1S/C14H20N2O2S/c17-14(12-19-13-4-2-1-3-5-13)15-6-7-16-8-10-18-11-9-16/h1-5H,6-12H2,(H,15,17)/p+1. The minimum absolute atomic E-state index is 0.113. The fourth-order valence-corrected chi connectivity index (χ4v) is 2.75. The summed E-state index contributed by atoms with van der Waals surface area (Å²) < 4.78 is 5.30. The van der Waals surface area contributed by atoms with Gasteiger partial charge in [0.25, 0.3) is 0 Å². The lowest BCUT2D eigenvalue weighted by molar-refractivity contribution is -0.906. The van der Waals surface area contributed by atoms with E-state index in [-0.39, 0.29) is 5.91 Å². The Balaban J connectivity index is 1.57. The van der Waals surface area contributed by atoms with Gasteiger partial charge in [-0.2, -0.15) is 0 Å². The highest BCUT2D eigenvalue weighted by Gasteiger charge is 2.13. The number of amides is 1. The zero-order valence-corrected chi connectivity index (χ0v) is 11.9. The van der Waals surface area contributed by atoms with Crippen LogP contribution in [0.2, 0.25) is 0 Å². The predicted molar refractivity (Wildman–Crippen MR) is 76.6 cm³/mol. The molecule has 2 N–H and O–H groups in total. The number of hydrogen-bond acceptors (Lipinski definition) is 3. The number of carbonyl (C=O) groups excluding carboxylic acids is 1. The summed E-state index contributed by atoms with van der Waals surface area (Å²) in [5, 5.41) is 2.98. The van der Waals surface area contributed by atoms with Gasteiger partial charge in [-0.05, 0) is 12.1 Å². The number of morpholine rings is 1. The Hall–Kier alpha value is -1.04. The Morgan fingerprint density at radius 2 is 2.00 bits per heavy atom. The summed E-state index contributed by atoms with van der Waals surface area (Å²) in [6, 6.07) is 10.0. The third-order valence-corrected chi connectivity index (χ3v) is 4.13. The average molecular weight is 281 g/mol.